The molecule has 0 bridgehead atoms. The molecule has 0 radical (unpaired) electrons. The molecule has 166 valence electrons. The summed E-state index contributed by atoms with van der Waals surface area (Å²) in [4.78, 5) is 4.39. The molecule has 0 aliphatic carbocycles. The summed E-state index contributed by atoms with van der Waals surface area (Å²) in [5, 5.41) is 0. The first-order valence-corrected chi connectivity index (χ1v) is 11.2. The van der Waals surface area contributed by atoms with E-state index in [0.717, 1.165) is 6.54 Å². The van der Waals surface area contributed by atoms with E-state index in [-0.39, 0.29) is 24.8 Å². The average Bonchev–Trinajstić information content (AvgIpc) is 2.70. The highest BCUT2D eigenvalue weighted by atomic mass is 35.5. The van der Waals surface area contributed by atoms with Crippen LogP contribution >= 0.6 is 24.8 Å². The average molecular weight is 442 g/mol. The Bertz CT molecular complexity index is 529. The second-order valence-corrected chi connectivity index (χ2v) is 7.97. The lowest BCUT2D eigenvalue weighted by molar-refractivity contribution is 0.461. The molecular weight excluding hydrogens is 399 g/mol. The highest BCUT2D eigenvalue weighted by Gasteiger charge is 2.05. The van der Waals surface area contributed by atoms with Crippen molar-refractivity contribution in [3.8, 4) is 0 Å². The maximum absolute atomic E-state index is 2.32. The molecule has 0 unspecified atom stereocenters. The number of halogens is 2. The molecule has 0 amide bonds. The quantitative estimate of drug-likeness (QED) is 0.266. The highest BCUT2D eigenvalue weighted by molar-refractivity contribution is 5.85. The van der Waals surface area contributed by atoms with Gasteiger partial charge in [-0.15, -0.1) is 24.8 Å². The molecule has 2 rings (SSSR count). The molecule has 2 aliphatic rings. The van der Waals surface area contributed by atoms with E-state index in [1.165, 1.54) is 88.2 Å². The Kier molecular flexibility index (Phi) is 17.0. The SMILES string of the molecule is CCCCCCCCCCCCCCN1C=CC(=C2C=CN(C)C=C2)C=C1.Cl.Cl. The van der Waals surface area contributed by atoms with Gasteiger partial charge in [-0.25, -0.2) is 0 Å². The van der Waals surface area contributed by atoms with Gasteiger partial charge in [0, 0.05) is 38.4 Å². The monoisotopic (exact) mass is 440 g/mol. The second-order valence-electron chi connectivity index (χ2n) is 7.97. The fourth-order valence-corrected chi connectivity index (χ4v) is 3.63. The Morgan fingerprint density at radius 1 is 0.552 bits per heavy atom. The molecule has 2 aliphatic heterocycles. The van der Waals surface area contributed by atoms with Crippen LogP contribution < -0.4 is 0 Å². The van der Waals surface area contributed by atoms with Crippen molar-refractivity contribution in [2.75, 3.05) is 13.6 Å². The molecule has 2 heterocycles. The van der Waals surface area contributed by atoms with E-state index in [1.807, 2.05) is 0 Å². The van der Waals surface area contributed by atoms with Gasteiger partial charge < -0.3 is 9.80 Å². The first-order valence-electron chi connectivity index (χ1n) is 11.2. The van der Waals surface area contributed by atoms with E-state index in [9.17, 15) is 0 Å². The summed E-state index contributed by atoms with van der Waals surface area (Å²) in [6, 6.07) is 0. The number of hydrogen-bond donors (Lipinski definition) is 0. The summed E-state index contributed by atoms with van der Waals surface area (Å²) < 4.78 is 0. The van der Waals surface area contributed by atoms with Gasteiger partial charge in [0.1, 0.15) is 0 Å². The van der Waals surface area contributed by atoms with Crippen molar-refractivity contribution in [2.24, 2.45) is 0 Å². The van der Waals surface area contributed by atoms with Gasteiger partial charge in [0.2, 0.25) is 0 Å². The fourth-order valence-electron chi connectivity index (χ4n) is 3.63. The molecule has 0 saturated carbocycles. The second kappa shape index (κ2) is 17.7. The van der Waals surface area contributed by atoms with Gasteiger partial charge in [-0.1, -0.05) is 77.6 Å². The predicted octanol–water partition coefficient (Wildman–Crippen LogP) is 8.14. The molecule has 0 N–H and O–H groups in total. The van der Waals surface area contributed by atoms with Crippen molar-refractivity contribution >= 4 is 24.8 Å². The van der Waals surface area contributed by atoms with Gasteiger partial charge in [0.05, 0.1) is 0 Å². The van der Waals surface area contributed by atoms with Gasteiger partial charge in [0.25, 0.3) is 0 Å². The van der Waals surface area contributed by atoms with Crippen molar-refractivity contribution < 1.29 is 0 Å². The Morgan fingerprint density at radius 3 is 1.38 bits per heavy atom. The maximum atomic E-state index is 2.32. The van der Waals surface area contributed by atoms with E-state index in [4.69, 9.17) is 0 Å². The van der Waals surface area contributed by atoms with Crippen LogP contribution in [0.15, 0.2) is 60.3 Å². The van der Waals surface area contributed by atoms with Crippen LogP contribution in [0.25, 0.3) is 0 Å². The third kappa shape index (κ3) is 12.2. The molecule has 0 spiro atoms. The highest BCUT2D eigenvalue weighted by Crippen LogP contribution is 2.19. The number of nitrogens with zero attached hydrogens (tertiary/aromatic N) is 2. The normalized spacial score (nSPS) is 15.0. The predicted molar refractivity (Wildman–Crippen MR) is 134 cm³/mol. The van der Waals surface area contributed by atoms with Gasteiger partial charge in [-0.2, -0.15) is 0 Å². The zero-order valence-electron chi connectivity index (χ0n) is 18.5. The first kappa shape index (κ1) is 27.9. The van der Waals surface area contributed by atoms with Crippen LogP contribution in [0, 0.1) is 0 Å². The maximum Gasteiger partial charge on any atom is 0.0219 e. The van der Waals surface area contributed by atoms with Crippen LogP contribution in [-0.2, 0) is 0 Å². The molecule has 2 nitrogen and oxygen atoms in total. The van der Waals surface area contributed by atoms with E-state index >= 15 is 0 Å². The summed E-state index contributed by atoms with van der Waals surface area (Å²) in [5.74, 6) is 0. The first-order chi connectivity index (χ1) is 13.3. The topological polar surface area (TPSA) is 6.48 Å². The minimum atomic E-state index is 0. The van der Waals surface area contributed by atoms with Gasteiger partial charge in [0.15, 0.2) is 0 Å². The number of allylic oxidation sites excluding steroid dienone is 6. The van der Waals surface area contributed by atoms with Crippen LogP contribution in [0.2, 0.25) is 0 Å². The summed E-state index contributed by atoms with van der Waals surface area (Å²) in [7, 11) is 2.05. The summed E-state index contributed by atoms with van der Waals surface area (Å²) in [6.45, 7) is 3.43. The smallest absolute Gasteiger partial charge is 0.0219 e. The lowest BCUT2D eigenvalue weighted by Crippen LogP contribution is -2.13. The molecule has 0 aromatic rings. The van der Waals surface area contributed by atoms with Gasteiger partial charge in [-0.05, 0) is 41.9 Å². The van der Waals surface area contributed by atoms with Crippen molar-refractivity contribution in [3.05, 3.63) is 60.3 Å². The zero-order valence-corrected chi connectivity index (χ0v) is 20.2. The minimum absolute atomic E-state index is 0. The number of rotatable bonds is 13. The number of unbranched alkanes of at least 4 members (excludes halogenated alkanes) is 11. The van der Waals surface area contributed by atoms with E-state index in [2.05, 4.69) is 72.9 Å². The molecule has 0 atom stereocenters. The fraction of sp³-hybridized carbons (Fsp3) is 0.600. The van der Waals surface area contributed by atoms with E-state index < -0.39 is 0 Å². The Hall–Kier alpha value is -1.12. The molecule has 0 saturated heterocycles. The summed E-state index contributed by atoms with van der Waals surface area (Å²) >= 11 is 0. The minimum Gasteiger partial charge on any atom is -0.357 e. The largest absolute Gasteiger partial charge is 0.357 e. The van der Waals surface area contributed by atoms with Crippen molar-refractivity contribution in [1.82, 2.24) is 9.80 Å². The van der Waals surface area contributed by atoms with E-state index in [0.29, 0.717) is 0 Å². The third-order valence-corrected chi connectivity index (χ3v) is 5.47. The lowest BCUT2D eigenvalue weighted by Gasteiger charge is -2.20. The summed E-state index contributed by atoms with van der Waals surface area (Å²) in [6.07, 6.45) is 34.4. The van der Waals surface area contributed by atoms with E-state index in [1.54, 1.807) is 0 Å². The standard InChI is InChI=1S/C25H40N2.2ClH/c1-3-4-5-6-7-8-9-10-11-12-13-14-19-27-22-17-25(18-23-27)24-15-20-26(2)21-16-24;;/h15-18,20-23H,3-14,19H2,1-2H3;2*1H. The molecule has 0 fully saturated rings. The molecule has 0 aromatic carbocycles. The zero-order chi connectivity index (χ0) is 19.2. The Balaban J connectivity index is 0.00000392. The van der Waals surface area contributed by atoms with Gasteiger partial charge >= 0.3 is 0 Å². The molecule has 4 heteroatoms. The van der Waals surface area contributed by atoms with Crippen molar-refractivity contribution in [2.45, 2.75) is 84.0 Å². The Morgan fingerprint density at radius 2 is 0.931 bits per heavy atom. The molecule has 0 aromatic heterocycles. The molecule has 29 heavy (non-hydrogen) atoms. The van der Waals surface area contributed by atoms with Crippen LogP contribution in [0.4, 0.5) is 0 Å². The third-order valence-electron chi connectivity index (χ3n) is 5.47. The van der Waals surface area contributed by atoms with Crippen LogP contribution in [0.5, 0.6) is 0 Å². The van der Waals surface area contributed by atoms with Crippen LogP contribution in [0.1, 0.15) is 84.0 Å². The molecular formula is C25H42Cl2N2. The Labute approximate surface area is 192 Å². The summed E-state index contributed by atoms with van der Waals surface area (Å²) in [5.41, 5.74) is 2.58. The van der Waals surface area contributed by atoms with Crippen LogP contribution in [0.3, 0.4) is 0 Å². The van der Waals surface area contributed by atoms with Crippen molar-refractivity contribution in [1.29, 1.82) is 0 Å². The lowest BCUT2D eigenvalue weighted by atomic mass is 10.0. The number of hydrogen-bond acceptors (Lipinski definition) is 2. The van der Waals surface area contributed by atoms with Gasteiger partial charge in [-0.3, -0.25) is 0 Å². The van der Waals surface area contributed by atoms with Crippen LogP contribution in [-0.4, -0.2) is 23.4 Å². The van der Waals surface area contributed by atoms with Crippen molar-refractivity contribution in [3.63, 3.8) is 0 Å².